The molecule has 8 nitrogen and oxygen atoms in total. The number of nitrogens with zero attached hydrogens (tertiary/aromatic N) is 4. The normalized spacial score (nSPS) is 13.6. The van der Waals surface area contributed by atoms with Gasteiger partial charge in [-0.15, -0.1) is 0 Å². The predicted octanol–water partition coefficient (Wildman–Crippen LogP) is 3.84. The molecule has 0 bridgehead atoms. The average Bonchev–Trinajstić information content (AvgIpc) is 3.38. The average molecular weight is 463 g/mol. The van der Waals surface area contributed by atoms with Gasteiger partial charge in [0.05, 0.1) is 12.8 Å². The van der Waals surface area contributed by atoms with E-state index in [0.717, 1.165) is 18.8 Å². The Morgan fingerprint density at radius 3 is 2.35 bits per heavy atom. The molecule has 1 fully saturated rings. The second kappa shape index (κ2) is 10.9. The van der Waals surface area contributed by atoms with E-state index in [-0.39, 0.29) is 18.3 Å². The molecule has 34 heavy (non-hydrogen) atoms. The van der Waals surface area contributed by atoms with Crippen LogP contribution in [0, 0.1) is 0 Å². The summed E-state index contributed by atoms with van der Waals surface area (Å²) in [6, 6.07) is 18.6. The van der Waals surface area contributed by atoms with Crippen LogP contribution in [0.2, 0.25) is 0 Å². The summed E-state index contributed by atoms with van der Waals surface area (Å²) in [5.41, 5.74) is 3.02. The van der Waals surface area contributed by atoms with Crippen molar-refractivity contribution in [1.29, 1.82) is 0 Å². The molecule has 1 aromatic heterocycles. The molecule has 1 aliphatic heterocycles. The van der Waals surface area contributed by atoms with Gasteiger partial charge in [-0.05, 0) is 43.7 Å². The Bertz CT molecular complexity index is 1090. The Morgan fingerprint density at radius 2 is 1.71 bits per heavy atom. The number of carbonyl (C=O) groups excluding carboxylic acids is 2. The number of amides is 1. The number of benzene rings is 2. The van der Waals surface area contributed by atoms with E-state index in [0.29, 0.717) is 37.8 Å². The first-order valence-corrected chi connectivity index (χ1v) is 11.6. The second-order valence-electron chi connectivity index (χ2n) is 8.05. The first-order valence-electron chi connectivity index (χ1n) is 11.6. The summed E-state index contributed by atoms with van der Waals surface area (Å²) >= 11 is 0. The Balaban J connectivity index is 1.33. The minimum absolute atomic E-state index is 0.0110. The smallest absolute Gasteiger partial charge is 0.376 e. The summed E-state index contributed by atoms with van der Waals surface area (Å²) in [4.78, 5) is 35.1. The minimum atomic E-state index is -0.524. The van der Waals surface area contributed by atoms with Crippen LogP contribution in [-0.2, 0) is 11.3 Å². The molecule has 1 amide bonds. The quantitative estimate of drug-likeness (QED) is 0.471. The maximum absolute atomic E-state index is 13.0. The number of aromatic nitrogens is 1. The molecule has 0 aliphatic carbocycles. The van der Waals surface area contributed by atoms with Gasteiger partial charge < -0.3 is 23.9 Å². The first kappa shape index (κ1) is 23.4. The molecule has 1 saturated heterocycles. The van der Waals surface area contributed by atoms with Crippen molar-refractivity contribution < 1.29 is 18.7 Å². The monoisotopic (exact) mass is 462 g/mol. The molecule has 8 heteroatoms. The number of carbonyl (C=O) groups is 2. The van der Waals surface area contributed by atoms with E-state index in [1.165, 1.54) is 11.8 Å². The lowest BCUT2D eigenvalue weighted by Gasteiger charge is -2.34. The maximum Gasteiger partial charge on any atom is 0.376 e. The van der Waals surface area contributed by atoms with Crippen molar-refractivity contribution >= 4 is 23.6 Å². The zero-order valence-electron chi connectivity index (χ0n) is 19.6. The third-order valence-corrected chi connectivity index (χ3v) is 5.88. The summed E-state index contributed by atoms with van der Waals surface area (Å²) < 4.78 is 10.5. The van der Waals surface area contributed by atoms with Gasteiger partial charge in [-0.3, -0.25) is 4.79 Å². The van der Waals surface area contributed by atoms with Crippen LogP contribution >= 0.6 is 0 Å². The van der Waals surface area contributed by atoms with Crippen molar-refractivity contribution in [2.75, 3.05) is 49.1 Å². The number of hydrogen-bond donors (Lipinski definition) is 0. The van der Waals surface area contributed by atoms with Crippen molar-refractivity contribution in [2.24, 2.45) is 0 Å². The Kier molecular flexibility index (Phi) is 7.47. The zero-order valence-corrected chi connectivity index (χ0v) is 19.6. The summed E-state index contributed by atoms with van der Waals surface area (Å²) in [7, 11) is 0. The van der Waals surface area contributed by atoms with Crippen molar-refractivity contribution in [2.45, 2.75) is 20.4 Å². The van der Waals surface area contributed by atoms with Crippen LogP contribution in [0.1, 0.15) is 40.3 Å². The molecule has 0 spiro atoms. The summed E-state index contributed by atoms with van der Waals surface area (Å²) in [6.07, 6.45) is 1.38. The highest BCUT2D eigenvalue weighted by molar-refractivity contribution is 5.94. The van der Waals surface area contributed by atoms with Crippen LogP contribution in [0.15, 0.2) is 65.2 Å². The third-order valence-electron chi connectivity index (χ3n) is 5.88. The minimum Gasteiger partial charge on any atom is -0.460 e. The van der Waals surface area contributed by atoms with Gasteiger partial charge in [-0.2, -0.15) is 0 Å². The molecule has 0 radical (unpaired) electrons. The number of esters is 1. The molecule has 0 atom stereocenters. The van der Waals surface area contributed by atoms with E-state index in [2.05, 4.69) is 28.9 Å². The van der Waals surface area contributed by atoms with Crippen molar-refractivity contribution in [3.63, 3.8) is 0 Å². The van der Waals surface area contributed by atoms with E-state index in [9.17, 15) is 9.59 Å². The summed E-state index contributed by atoms with van der Waals surface area (Å²) in [5.74, 6) is -0.426. The Labute approximate surface area is 199 Å². The van der Waals surface area contributed by atoms with E-state index in [1.54, 1.807) is 6.92 Å². The summed E-state index contributed by atoms with van der Waals surface area (Å²) in [6.45, 7) is 8.10. The molecule has 0 unspecified atom stereocenters. The standard InChI is InChI=1S/C26H30N4O4/c1-3-28(19-20-8-6-5-7-9-20)22-12-10-21(11-13-22)24(31)29-14-16-30(17-15-29)26-27-18-23(34-26)25(32)33-4-2/h5-13,18H,3-4,14-17,19H2,1-2H3. The molecule has 178 valence electrons. The number of ether oxygens (including phenoxy) is 1. The van der Waals surface area contributed by atoms with Gasteiger partial charge in [0, 0.05) is 50.5 Å². The second-order valence-corrected chi connectivity index (χ2v) is 8.05. The lowest BCUT2D eigenvalue weighted by atomic mass is 10.1. The Morgan fingerprint density at radius 1 is 1.00 bits per heavy atom. The van der Waals surface area contributed by atoms with Gasteiger partial charge in [-0.1, -0.05) is 30.3 Å². The predicted molar refractivity (Wildman–Crippen MR) is 130 cm³/mol. The summed E-state index contributed by atoms with van der Waals surface area (Å²) in [5, 5.41) is 0. The number of piperazine rings is 1. The fraction of sp³-hybridized carbons (Fsp3) is 0.346. The van der Waals surface area contributed by atoms with E-state index in [1.807, 2.05) is 52.3 Å². The fourth-order valence-corrected chi connectivity index (χ4v) is 4.00. The molecule has 0 N–H and O–H groups in total. The van der Waals surface area contributed by atoms with Gasteiger partial charge in [0.15, 0.2) is 0 Å². The molecular formula is C26H30N4O4. The highest BCUT2D eigenvalue weighted by Crippen LogP contribution is 2.21. The van der Waals surface area contributed by atoms with Gasteiger partial charge in [0.1, 0.15) is 0 Å². The lowest BCUT2D eigenvalue weighted by molar-refractivity contribution is 0.0490. The van der Waals surface area contributed by atoms with Gasteiger partial charge in [0.2, 0.25) is 5.76 Å². The van der Waals surface area contributed by atoms with Crippen LogP contribution in [0.25, 0.3) is 0 Å². The van der Waals surface area contributed by atoms with Crippen molar-refractivity contribution in [1.82, 2.24) is 9.88 Å². The number of oxazole rings is 1. The van der Waals surface area contributed by atoms with Crippen molar-refractivity contribution in [3.05, 3.63) is 77.7 Å². The van der Waals surface area contributed by atoms with E-state index in [4.69, 9.17) is 9.15 Å². The molecule has 0 saturated carbocycles. The van der Waals surface area contributed by atoms with Crippen molar-refractivity contribution in [3.8, 4) is 0 Å². The van der Waals surface area contributed by atoms with Gasteiger partial charge in [0.25, 0.3) is 11.9 Å². The zero-order chi connectivity index (χ0) is 23.9. The molecular weight excluding hydrogens is 432 g/mol. The number of hydrogen-bond acceptors (Lipinski definition) is 7. The van der Waals surface area contributed by atoms with Gasteiger partial charge in [-0.25, -0.2) is 9.78 Å². The molecule has 1 aliphatic rings. The van der Waals surface area contributed by atoms with Crippen LogP contribution in [0.5, 0.6) is 0 Å². The highest BCUT2D eigenvalue weighted by atomic mass is 16.5. The van der Waals surface area contributed by atoms with Crippen LogP contribution < -0.4 is 9.80 Å². The maximum atomic E-state index is 13.0. The third kappa shape index (κ3) is 5.39. The van der Waals surface area contributed by atoms with Crippen LogP contribution in [0.4, 0.5) is 11.7 Å². The molecule has 2 aromatic carbocycles. The first-order chi connectivity index (χ1) is 16.6. The Hall–Kier alpha value is -3.81. The van der Waals surface area contributed by atoms with Crippen LogP contribution in [0.3, 0.4) is 0 Å². The largest absolute Gasteiger partial charge is 0.460 e. The number of anilines is 2. The van der Waals surface area contributed by atoms with Crippen LogP contribution in [-0.4, -0.2) is 61.1 Å². The lowest BCUT2D eigenvalue weighted by Crippen LogP contribution is -2.48. The molecule has 4 rings (SSSR count). The van der Waals surface area contributed by atoms with E-state index < -0.39 is 5.97 Å². The number of rotatable bonds is 8. The van der Waals surface area contributed by atoms with Gasteiger partial charge >= 0.3 is 5.97 Å². The topological polar surface area (TPSA) is 79.1 Å². The SMILES string of the molecule is CCOC(=O)c1cnc(N2CCN(C(=O)c3ccc(N(CC)Cc4ccccc4)cc3)CC2)o1. The van der Waals surface area contributed by atoms with E-state index >= 15 is 0 Å². The highest BCUT2D eigenvalue weighted by Gasteiger charge is 2.25. The molecule has 3 aromatic rings. The fourth-order valence-electron chi connectivity index (χ4n) is 4.00. The molecule has 2 heterocycles.